The van der Waals surface area contributed by atoms with Crippen molar-refractivity contribution >= 4 is 40.8 Å². The van der Waals surface area contributed by atoms with E-state index in [1.54, 1.807) is 38.7 Å². The summed E-state index contributed by atoms with van der Waals surface area (Å²) in [5, 5.41) is 18.3. The molecule has 4 aromatic rings. The maximum Gasteiger partial charge on any atom is 0.274 e. The van der Waals surface area contributed by atoms with Crippen LogP contribution in [-0.2, 0) is 16.1 Å². The predicted molar refractivity (Wildman–Crippen MR) is 178 cm³/mol. The Bertz CT molecular complexity index is 1610. The molecule has 1 aliphatic heterocycles. The van der Waals surface area contributed by atoms with Gasteiger partial charge < -0.3 is 15.5 Å². The molecule has 11 nitrogen and oxygen atoms in total. The Labute approximate surface area is 271 Å². The van der Waals surface area contributed by atoms with Gasteiger partial charge in [-0.05, 0) is 55.9 Å². The number of nitrogens with zero attached hydrogens (tertiary/aromatic N) is 5. The second-order valence-electron chi connectivity index (χ2n) is 11.5. The van der Waals surface area contributed by atoms with Gasteiger partial charge in [-0.2, -0.15) is 22.0 Å². The first-order valence-electron chi connectivity index (χ1n) is 15.2. The van der Waals surface area contributed by atoms with Gasteiger partial charge in [-0.25, -0.2) is 9.67 Å². The Morgan fingerprint density at radius 1 is 1.09 bits per heavy atom. The van der Waals surface area contributed by atoms with Gasteiger partial charge in [-0.1, -0.05) is 44.2 Å². The fourth-order valence-corrected chi connectivity index (χ4v) is 6.58. The number of H-pyrrole nitrogens is 1. The van der Waals surface area contributed by atoms with E-state index in [1.165, 1.54) is 4.88 Å². The molecule has 1 aliphatic rings. The van der Waals surface area contributed by atoms with Crippen LogP contribution in [0.25, 0.3) is 22.0 Å². The fourth-order valence-electron chi connectivity index (χ4n) is 5.27. The fraction of sp³-hybridized carbons (Fsp3) is 0.438. The molecule has 0 aliphatic carbocycles. The van der Waals surface area contributed by atoms with E-state index >= 15 is 0 Å². The Balaban J connectivity index is 1.49. The van der Waals surface area contributed by atoms with Crippen molar-refractivity contribution in [1.29, 1.82) is 0 Å². The van der Waals surface area contributed by atoms with Gasteiger partial charge in [-0.3, -0.25) is 19.5 Å². The van der Waals surface area contributed by atoms with Crippen molar-refractivity contribution in [3.63, 3.8) is 0 Å². The van der Waals surface area contributed by atoms with Crippen LogP contribution in [-0.4, -0.2) is 78.7 Å². The lowest BCUT2D eigenvalue weighted by molar-refractivity contribution is -0.129. The van der Waals surface area contributed by atoms with E-state index in [0.29, 0.717) is 49.8 Å². The number of hydrogen-bond acceptors (Lipinski definition) is 8. The third-order valence-electron chi connectivity index (χ3n) is 7.74. The van der Waals surface area contributed by atoms with Gasteiger partial charge in [0, 0.05) is 30.0 Å². The maximum absolute atomic E-state index is 13.8. The van der Waals surface area contributed by atoms with Gasteiger partial charge in [-0.15, -0.1) is 11.3 Å². The highest BCUT2D eigenvalue weighted by Gasteiger charge is 2.30. The lowest BCUT2D eigenvalue weighted by atomic mass is 10.0. The van der Waals surface area contributed by atoms with Crippen molar-refractivity contribution in [1.82, 2.24) is 40.5 Å². The summed E-state index contributed by atoms with van der Waals surface area (Å²) in [6, 6.07) is 14.4. The Kier molecular flexibility index (Phi) is 10.7. The topological polar surface area (TPSA) is 138 Å². The highest BCUT2D eigenvalue weighted by molar-refractivity contribution is 7.98. The minimum Gasteiger partial charge on any atom is -0.344 e. The number of rotatable bonds is 7. The average molecular weight is 649 g/mol. The highest BCUT2D eigenvalue weighted by Crippen LogP contribution is 2.27. The lowest BCUT2D eigenvalue weighted by Gasteiger charge is -2.27. The van der Waals surface area contributed by atoms with Crippen molar-refractivity contribution in [2.45, 2.75) is 58.7 Å². The Morgan fingerprint density at radius 2 is 1.89 bits per heavy atom. The number of thiophene rings is 1. The van der Waals surface area contributed by atoms with E-state index in [2.05, 4.69) is 20.8 Å². The van der Waals surface area contributed by atoms with Crippen LogP contribution in [0.2, 0.25) is 0 Å². The Morgan fingerprint density at radius 3 is 2.60 bits per heavy atom. The van der Waals surface area contributed by atoms with E-state index in [9.17, 15) is 14.4 Å². The summed E-state index contributed by atoms with van der Waals surface area (Å²) < 4.78 is 1.80. The monoisotopic (exact) mass is 648 g/mol. The summed E-state index contributed by atoms with van der Waals surface area (Å²) in [6.45, 7) is 7.09. The lowest BCUT2D eigenvalue weighted by Crippen LogP contribution is -2.49. The second-order valence-corrected chi connectivity index (χ2v) is 13.8. The number of aromatic nitrogens is 5. The number of carbonyl (C=O) groups excluding carboxylic acids is 3. The van der Waals surface area contributed by atoms with Gasteiger partial charge in [0.25, 0.3) is 5.91 Å². The van der Waals surface area contributed by atoms with Crippen LogP contribution in [0.15, 0.2) is 48.5 Å². The molecule has 3 amide bonds. The number of fused-ring (bicyclic) bond motifs is 1. The quantitative estimate of drug-likeness (QED) is 0.264. The van der Waals surface area contributed by atoms with Crippen molar-refractivity contribution < 1.29 is 14.4 Å². The van der Waals surface area contributed by atoms with E-state index in [1.807, 2.05) is 69.5 Å². The molecule has 45 heavy (non-hydrogen) atoms. The van der Waals surface area contributed by atoms with Crippen LogP contribution in [0.5, 0.6) is 0 Å². The number of hydrogen-bond donors (Lipinski definition) is 3. The van der Waals surface area contributed by atoms with Crippen LogP contribution < -0.4 is 10.6 Å². The number of nitrogens with one attached hydrogen (secondary N) is 3. The smallest absolute Gasteiger partial charge is 0.274 e. The highest BCUT2D eigenvalue weighted by atomic mass is 32.2. The average Bonchev–Trinajstić information content (AvgIpc) is 3.79. The van der Waals surface area contributed by atoms with Crippen LogP contribution >= 0.6 is 23.1 Å². The number of aryl methyl sites for hydroxylation is 1. The molecule has 238 valence electrons. The molecular formula is C32H40N8O3S2. The molecule has 2 atom stereocenters. The third-order valence-corrected chi connectivity index (χ3v) is 9.42. The molecule has 0 unspecified atom stereocenters. The van der Waals surface area contributed by atoms with Gasteiger partial charge in [0.05, 0.1) is 23.2 Å². The van der Waals surface area contributed by atoms with E-state index in [-0.39, 0.29) is 30.1 Å². The standard InChI is InChI=1S/C32H40N8O3S2/c1-20(2)28-30-35-29(22-9-6-5-7-10-22)38-40(30)17-16-39(15-8-11-27(41)33-23(14-18-44-4)31(42)34-28)32(43)25-19-24(36-37-25)26-13-12-21(3)45-26/h5-7,9-10,12-13,19-20,23,28H,8,11,14-18H2,1-4H3,(H,33,41)(H,34,42)(H,36,37)/t23-,28+/m0/s1. The number of amides is 3. The molecule has 3 aromatic heterocycles. The molecule has 3 N–H and O–H groups in total. The van der Waals surface area contributed by atoms with Gasteiger partial charge in [0.1, 0.15) is 6.04 Å². The van der Waals surface area contributed by atoms with Crippen molar-refractivity contribution in [2.24, 2.45) is 5.92 Å². The van der Waals surface area contributed by atoms with E-state index < -0.39 is 12.1 Å². The molecule has 0 radical (unpaired) electrons. The zero-order valence-electron chi connectivity index (χ0n) is 26.1. The molecule has 5 rings (SSSR count). The largest absolute Gasteiger partial charge is 0.344 e. The summed E-state index contributed by atoms with van der Waals surface area (Å²) >= 11 is 3.25. The zero-order valence-corrected chi connectivity index (χ0v) is 27.7. The number of benzene rings is 1. The molecular weight excluding hydrogens is 609 g/mol. The van der Waals surface area contributed by atoms with E-state index in [4.69, 9.17) is 10.1 Å². The number of aromatic amines is 1. The van der Waals surface area contributed by atoms with Crippen LogP contribution in [0.3, 0.4) is 0 Å². The molecule has 0 saturated heterocycles. The van der Waals surface area contributed by atoms with Crippen molar-refractivity contribution in [2.75, 3.05) is 25.1 Å². The van der Waals surface area contributed by atoms with Gasteiger partial charge >= 0.3 is 0 Å². The van der Waals surface area contributed by atoms with Gasteiger partial charge in [0.15, 0.2) is 17.3 Å². The SMILES string of the molecule is CSCC[C@@H]1NC(=O)CCCN(C(=O)c2cc(-c3ccc(C)s3)[nH]n2)CCn2nc(-c3ccccc3)nc2[C@@H](C(C)C)NC1=O. The molecule has 13 heteroatoms. The first-order valence-corrected chi connectivity index (χ1v) is 17.4. The normalized spacial score (nSPS) is 18.3. The minimum atomic E-state index is -0.680. The van der Waals surface area contributed by atoms with E-state index in [0.717, 1.165) is 21.9 Å². The Hall–Kier alpha value is -3.97. The van der Waals surface area contributed by atoms with Crippen molar-refractivity contribution in [3.05, 3.63) is 64.9 Å². The summed E-state index contributed by atoms with van der Waals surface area (Å²) in [5.74, 6) is 1.16. The summed E-state index contributed by atoms with van der Waals surface area (Å²) in [4.78, 5) is 49.3. The minimum absolute atomic E-state index is 0.0218. The summed E-state index contributed by atoms with van der Waals surface area (Å²) in [5.41, 5.74) is 1.96. The van der Waals surface area contributed by atoms with Crippen molar-refractivity contribution in [3.8, 4) is 22.0 Å². The van der Waals surface area contributed by atoms with Crippen LogP contribution in [0.4, 0.5) is 0 Å². The van der Waals surface area contributed by atoms with Crippen LogP contribution in [0.1, 0.15) is 60.3 Å². The third kappa shape index (κ3) is 8.01. The second kappa shape index (κ2) is 14.9. The molecule has 0 fully saturated rings. The van der Waals surface area contributed by atoms with Gasteiger partial charge in [0.2, 0.25) is 11.8 Å². The number of carbonyl (C=O) groups is 3. The first-order chi connectivity index (χ1) is 21.7. The van der Waals surface area contributed by atoms with Crippen LogP contribution in [0, 0.1) is 12.8 Å². The number of thioether (sulfide) groups is 1. The predicted octanol–water partition coefficient (Wildman–Crippen LogP) is 4.69. The molecule has 0 bridgehead atoms. The molecule has 1 aromatic carbocycles. The first kappa shape index (κ1) is 32.4. The summed E-state index contributed by atoms with van der Waals surface area (Å²) in [7, 11) is 0. The zero-order chi connectivity index (χ0) is 31.9. The molecule has 4 heterocycles. The molecule has 0 saturated carbocycles. The molecule has 0 spiro atoms. The summed E-state index contributed by atoms with van der Waals surface area (Å²) in [6.07, 6.45) is 3.10. The maximum atomic E-state index is 13.8.